The van der Waals surface area contributed by atoms with Crippen molar-refractivity contribution < 1.29 is 4.79 Å². The number of rotatable bonds is 2. The van der Waals surface area contributed by atoms with Crippen LogP contribution in [-0.2, 0) is 4.79 Å². The average Bonchev–Trinajstić information content (AvgIpc) is 2.78. The molecule has 35 heavy (non-hydrogen) atoms. The van der Waals surface area contributed by atoms with E-state index in [-0.39, 0.29) is 16.4 Å². The molecule has 0 radical (unpaired) electrons. The number of halogens is 1. The number of nitriles is 1. The predicted molar refractivity (Wildman–Crippen MR) is 140 cm³/mol. The summed E-state index contributed by atoms with van der Waals surface area (Å²) in [5.41, 5.74) is 12.7. The van der Waals surface area contributed by atoms with Crippen LogP contribution in [0.2, 0.25) is 5.15 Å². The van der Waals surface area contributed by atoms with Crippen LogP contribution in [0, 0.1) is 30.6 Å². The van der Waals surface area contributed by atoms with Gasteiger partial charge in [-0.1, -0.05) is 54.8 Å². The van der Waals surface area contributed by atoms with Gasteiger partial charge in [-0.3, -0.25) is 9.69 Å². The summed E-state index contributed by atoms with van der Waals surface area (Å²) in [6.45, 7) is 8.21. The number of allylic oxidation sites excluding steroid dienone is 3. The number of pyridine rings is 1. The van der Waals surface area contributed by atoms with Gasteiger partial charge in [0.1, 0.15) is 11.0 Å². The minimum atomic E-state index is -0.662. The van der Waals surface area contributed by atoms with Crippen LogP contribution in [0.25, 0.3) is 10.9 Å². The van der Waals surface area contributed by atoms with E-state index >= 15 is 0 Å². The summed E-state index contributed by atoms with van der Waals surface area (Å²) in [5, 5.41) is 11.5. The van der Waals surface area contributed by atoms with Gasteiger partial charge in [-0.05, 0) is 56.0 Å². The maximum atomic E-state index is 13.7. The average molecular weight is 483 g/mol. The zero-order valence-electron chi connectivity index (χ0n) is 20.3. The molecule has 176 valence electrons. The molecule has 0 bridgehead atoms. The van der Waals surface area contributed by atoms with Crippen LogP contribution < -0.4 is 10.6 Å². The second-order valence-electron chi connectivity index (χ2n) is 10.4. The van der Waals surface area contributed by atoms with Crippen LogP contribution in [0.3, 0.4) is 0 Å². The van der Waals surface area contributed by atoms with Crippen molar-refractivity contribution in [1.82, 2.24) is 4.98 Å². The summed E-state index contributed by atoms with van der Waals surface area (Å²) in [4.78, 5) is 20.2. The van der Waals surface area contributed by atoms with Gasteiger partial charge in [0.15, 0.2) is 5.78 Å². The van der Waals surface area contributed by atoms with E-state index in [4.69, 9.17) is 17.3 Å². The van der Waals surface area contributed by atoms with Crippen LogP contribution in [0.15, 0.2) is 71.2 Å². The first kappa shape index (κ1) is 23.1. The Morgan fingerprint density at radius 3 is 2.46 bits per heavy atom. The minimum absolute atomic E-state index is 0.0130. The van der Waals surface area contributed by atoms with E-state index in [9.17, 15) is 10.1 Å². The molecule has 0 fully saturated rings. The lowest BCUT2D eigenvalue weighted by atomic mass is 9.68. The Morgan fingerprint density at radius 1 is 1.09 bits per heavy atom. The second-order valence-corrected chi connectivity index (χ2v) is 10.7. The first-order valence-electron chi connectivity index (χ1n) is 11.7. The number of ketones is 1. The summed E-state index contributed by atoms with van der Waals surface area (Å²) in [6.07, 6.45) is 1.04. The molecular weight excluding hydrogens is 456 g/mol. The third-order valence-corrected chi connectivity index (χ3v) is 7.24. The first-order chi connectivity index (χ1) is 16.6. The molecular formula is C29H27ClN4O. The highest BCUT2D eigenvalue weighted by atomic mass is 35.5. The largest absolute Gasteiger partial charge is 0.384 e. The second kappa shape index (κ2) is 8.25. The van der Waals surface area contributed by atoms with Crippen molar-refractivity contribution in [3.63, 3.8) is 0 Å². The number of Topliss-reactive ketones (excluding diaryl/α,β-unsaturated/α-hetero) is 1. The van der Waals surface area contributed by atoms with E-state index in [0.29, 0.717) is 35.4 Å². The molecule has 6 heteroatoms. The van der Waals surface area contributed by atoms with E-state index in [0.717, 1.165) is 33.4 Å². The molecule has 2 N–H and O–H groups in total. The molecule has 1 aliphatic heterocycles. The van der Waals surface area contributed by atoms with Gasteiger partial charge in [-0.2, -0.15) is 5.26 Å². The fourth-order valence-electron chi connectivity index (χ4n) is 5.30. The van der Waals surface area contributed by atoms with Gasteiger partial charge in [0.25, 0.3) is 0 Å². The maximum Gasteiger partial charge on any atom is 0.162 e. The summed E-state index contributed by atoms with van der Waals surface area (Å²) in [5.74, 6) is -0.324. The van der Waals surface area contributed by atoms with Crippen LogP contribution in [0.5, 0.6) is 0 Å². The molecule has 5 nitrogen and oxygen atoms in total. The lowest BCUT2D eigenvalue weighted by Gasteiger charge is -2.43. The SMILES string of the molecule is Cc1ccc(N2C(N)=C(C#N)C(c3cc4cc(C)ccc4nc3Cl)C3=C2CC(C)(C)CC3=O)cc1. The standard InChI is InChI=1S/C29H27ClN4O/c1-16-5-8-19(9-6-16)34-23-13-29(3,4)14-24(35)26(23)25(21(15-31)28(34)32)20-12-18-11-17(2)7-10-22(18)33-27(20)30/h5-12,25H,13-14,32H2,1-4H3. The van der Waals surface area contributed by atoms with Gasteiger partial charge in [-0.15, -0.1) is 0 Å². The molecule has 1 aliphatic carbocycles. The van der Waals surface area contributed by atoms with Crippen molar-refractivity contribution in [2.75, 3.05) is 4.90 Å². The van der Waals surface area contributed by atoms with Crippen LogP contribution >= 0.6 is 11.6 Å². The van der Waals surface area contributed by atoms with Crippen molar-refractivity contribution in [3.8, 4) is 6.07 Å². The summed E-state index contributed by atoms with van der Waals surface area (Å²) >= 11 is 6.72. The molecule has 2 heterocycles. The number of aromatic nitrogens is 1. The molecule has 1 aromatic heterocycles. The van der Waals surface area contributed by atoms with Gasteiger partial charge in [0.05, 0.1) is 23.1 Å². The Hall–Kier alpha value is -3.62. The number of carbonyl (C=O) groups is 1. The molecule has 0 spiro atoms. The van der Waals surface area contributed by atoms with Gasteiger partial charge in [0.2, 0.25) is 0 Å². The molecule has 0 saturated heterocycles. The Morgan fingerprint density at radius 2 is 1.77 bits per heavy atom. The monoisotopic (exact) mass is 482 g/mol. The fraction of sp³-hybridized carbons (Fsp3) is 0.276. The number of carbonyl (C=O) groups excluding carboxylic acids is 1. The first-order valence-corrected chi connectivity index (χ1v) is 12.1. The normalized spacial score (nSPS) is 19.7. The van der Waals surface area contributed by atoms with Crippen LogP contribution in [0.1, 0.15) is 49.3 Å². The number of benzene rings is 2. The topological polar surface area (TPSA) is 83.0 Å². The Balaban J connectivity index is 1.80. The van der Waals surface area contributed by atoms with Crippen molar-refractivity contribution in [3.05, 3.63) is 93.0 Å². The summed E-state index contributed by atoms with van der Waals surface area (Å²) in [7, 11) is 0. The van der Waals surface area contributed by atoms with Gasteiger partial charge in [0, 0.05) is 34.3 Å². The highest BCUT2D eigenvalue weighted by Crippen LogP contribution is 2.51. The zero-order valence-corrected chi connectivity index (χ0v) is 21.1. The smallest absolute Gasteiger partial charge is 0.162 e. The third-order valence-electron chi connectivity index (χ3n) is 6.94. The number of nitrogens with zero attached hydrogens (tertiary/aromatic N) is 3. The molecule has 1 atom stereocenters. The summed E-state index contributed by atoms with van der Waals surface area (Å²) < 4.78 is 0. The third kappa shape index (κ3) is 3.88. The zero-order chi connectivity index (χ0) is 25.1. The highest BCUT2D eigenvalue weighted by Gasteiger charge is 2.45. The van der Waals surface area contributed by atoms with Crippen molar-refractivity contribution in [1.29, 1.82) is 5.26 Å². The number of nitrogens with two attached hydrogens (primary N) is 1. The van der Waals surface area contributed by atoms with E-state index in [1.807, 2.05) is 67.3 Å². The Kier molecular flexibility index (Phi) is 5.45. The van der Waals surface area contributed by atoms with Crippen molar-refractivity contribution in [2.24, 2.45) is 11.1 Å². The molecule has 5 rings (SSSR count). The van der Waals surface area contributed by atoms with Gasteiger partial charge >= 0.3 is 0 Å². The number of hydrogen-bond acceptors (Lipinski definition) is 5. The molecule has 0 amide bonds. The molecule has 1 unspecified atom stereocenters. The van der Waals surface area contributed by atoms with Crippen LogP contribution in [-0.4, -0.2) is 10.8 Å². The lowest BCUT2D eigenvalue weighted by molar-refractivity contribution is -0.118. The minimum Gasteiger partial charge on any atom is -0.384 e. The molecule has 2 aliphatic rings. The summed E-state index contributed by atoms with van der Waals surface area (Å²) in [6, 6.07) is 18.2. The lowest BCUT2D eigenvalue weighted by Crippen LogP contribution is -2.42. The van der Waals surface area contributed by atoms with Crippen LogP contribution in [0.4, 0.5) is 5.69 Å². The van der Waals surface area contributed by atoms with Crippen molar-refractivity contribution >= 4 is 34.0 Å². The molecule has 0 saturated carbocycles. The molecule has 2 aromatic carbocycles. The van der Waals surface area contributed by atoms with Gasteiger partial charge in [-0.25, -0.2) is 4.98 Å². The fourth-order valence-corrected chi connectivity index (χ4v) is 5.55. The molecule has 3 aromatic rings. The number of aryl methyl sites for hydroxylation is 2. The highest BCUT2D eigenvalue weighted by molar-refractivity contribution is 6.31. The van der Waals surface area contributed by atoms with E-state index in [1.165, 1.54) is 0 Å². The van der Waals surface area contributed by atoms with E-state index in [2.05, 4.69) is 24.9 Å². The van der Waals surface area contributed by atoms with Gasteiger partial charge < -0.3 is 5.73 Å². The number of anilines is 1. The maximum absolute atomic E-state index is 13.7. The number of fused-ring (bicyclic) bond motifs is 1. The van der Waals surface area contributed by atoms with Crippen molar-refractivity contribution in [2.45, 2.75) is 46.5 Å². The van der Waals surface area contributed by atoms with E-state index in [1.54, 1.807) is 0 Å². The Labute approximate surface area is 210 Å². The van der Waals surface area contributed by atoms with E-state index < -0.39 is 5.92 Å². The Bertz CT molecular complexity index is 1490. The number of hydrogen-bond donors (Lipinski definition) is 1. The quantitative estimate of drug-likeness (QED) is 0.424. The predicted octanol–water partition coefficient (Wildman–Crippen LogP) is 6.45.